The molecule has 4 nitrogen and oxygen atoms in total. The van der Waals surface area contributed by atoms with Crippen molar-refractivity contribution < 1.29 is 19.4 Å². The van der Waals surface area contributed by atoms with Crippen molar-refractivity contribution in [3.05, 3.63) is 24.5 Å². The quantitative estimate of drug-likeness (QED) is 0.597. The van der Waals surface area contributed by atoms with Crippen LogP contribution < -0.4 is 0 Å². The zero-order valence-corrected chi connectivity index (χ0v) is 12.4. The van der Waals surface area contributed by atoms with Crippen molar-refractivity contribution in [1.29, 1.82) is 0 Å². The summed E-state index contributed by atoms with van der Waals surface area (Å²) >= 11 is 0. The Hall–Kier alpha value is -1.58. The van der Waals surface area contributed by atoms with Crippen LogP contribution in [-0.4, -0.2) is 23.0 Å². The van der Waals surface area contributed by atoms with Gasteiger partial charge in [-0.2, -0.15) is 0 Å². The van der Waals surface area contributed by atoms with Gasteiger partial charge in [0.25, 0.3) is 0 Å². The maximum Gasteiger partial charge on any atom is 0.303 e. The van der Waals surface area contributed by atoms with E-state index in [2.05, 4.69) is 6.58 Å². The summed E-state index contributed by atoms with van der Waals surface area (Å²) in [5, 5.41) is 8.69. The number of carboxylic acid groups (broad SMARTS) is 1. The monoisotopic (exact) mass is 280 g/mol. The maximum atomic E-state index is 12.3. The fraction of sp³-hybridized carbons (Fsp3) is 0.625. The topological polar surface area (TPSA) is 63.6 Å². The predicted octanol–water partition coefficient (Wildman–Crippen LogP) is 3.48. The molecule has 0 saturated heterocycles. The Labute approximate surface area is 120 Å². The molecule has 0 saturated carbocycles. The number of carbonyl (C=O) groups is 2. The SMILES string of the molecule is C=C(C)O[C@@H]1/C=C/CC[C@](C)(C(=O)CCC(=O)O)CC1. The first-order chi connectivity index (χ1) is 9.33. The lowest BCUT2D eigenvalue weighted by molar-refractivity contribution is -0.140. The zero-order chi connectivity index (χ0) is 15.2. The molecule has 0 heterocycles. The fourth-order valence-corrected chi connectivity index (χ4v) is 2.49. The van der Waals surface area contributed by atoms with E-state index < -0.39 is 11.4 Å². The van der Waals surface area contributed by atoms with Gasteiger partial charge in [-0.05, 0) is 38.7 Å². The van der Waals surface area contributed by atoms with E-state index in [1.807, 2.05) is 26.0 Å². The zero-order valence-electron chi connectivity index (χ0n) is 12.4. The van der Waals surface area contributed by atoms with Crippen molar-refractivity contribution in [3.63, 3.8) is 0 Å². The number of aliphatic carboxylic acids is 1. The molecule has 0 unspecified atom stereocenters. The Morgan fingerprint density at radius 1 is 1.40 bits per heavy atom. The van der Waals surface area contributed by atoms with E-state index in [1.165, 1.54) is 0 Å². The molecule has 1 aliphatic carbocycles. The van der Waals surface area contributed by atoms with E-state index in [4.69, 9.17) is 9.84 Å². The van der Waals surface area contributed by atoms with Gasteiger partial charge in [0.2, 0.25) is 0 Å². The third-order valence-corrected chi connectivity index (χ3v) is 3.79. The summed E-state index contributed by atoms with van der Waals surface area (Å²) in [7, 11) is 0. The van der Waals surface area contributed by atoms with Gasteiger partial charge in [-0.25, -0.2) is 0 Å². The standard InChI is InChI=1S/C16H24O4/c1-12(2)20-13-6-4-5-10-16(3,11-9-13)14(17)7-8-15(18)19/h4,6,13H,1,5,7-11H2,2-3H3,(H,18,19)/b6-4+/t13-,16+/m1/s1. The molecule has 0 aromatic heterocycles. The number of ether oxygens (including phenoxy) is 1. The number of hydrogen-bond donors (Lipinski definition) is 1. The Bertz CT molecular complexity index is 411. The molecule has 1 N–H and O–H groups in total. The van der Waals surface area contributed by atoms with Gasteiger partial charge in [0.1, 0.15) is 11.9 Å². The smallest absolute Gasteiger partial charge is 0.303 e. The molecule has 0 bridgehead atoms. The number of hydrogen-bond acceptors (Lipinski definition) is 3. The lowest BCUT2D eigenvalue weighted by atomic mass is 9.74. The molecule has 0 aromatic carbocycles. The van der Waals surface area contributed by atoms with E-state index in [-0.39, 0.29) is 24.7 Å². The van der Waals surface area contributed by atoms with Crippen LogP contribution >= 0.6 is 0 Å². The minimum absolute atomic E-state index is 0.0422. The molecule has 2 atom stereocenters. The van der Waals surface area contributed by atoms with Gasteiger partial charge in [0.15, 0.2) is 0 Å². The molecular weight excluding hydrogens is 256 g/mol. The van der Waals surface area contributed by atoms with Crippen LogP contribution in [0.5, 0.6) is 0 Å². The van der Waals surface area contributed by atoms with Gasteiger partial charge in [0.05, 0.1) is 12.2 Å². The number of rotatable bonds is 6. The molecule has 112 valence electrons. The third kappa shape index (κ3) is 5.19. The first-order valence-corrected chi connectivity index (χ1v) is 7.07. The Balaban J connectivity index is 2.66. The number of carbonyl (C=O) groups excluding carboxylic acids is 1. The van der Waals surface area contributed by atoms with Crippen LogP contribution in [0, 0.1) is 5.41 Å². The number of Topliss-reactive ketones (excluding diaryl/α,β-unsaturated/α-hetero) is 1. The molecule has 0 amide bonds. The first kappa shape index (κ1) is 16.5. The minimum Gasteiger partial charge on any atom is -0.492 e. The van der Waals surface area contributed by atoms with E-state index in [1.54, 1.807) is 0 Å². The summed E-state index contributed by atoms with van der Waals surface area (Å²) in [4.78, 5) is 22.9. The van der Waals surface area contributed by atoms with E-state index >= 15 is 0 Å². The van der Waals surface area contributed by atoms with Gasteiger partial charge in [0, 0.05) is 11.8 Å². The van der Waals surface area contributed by atoms with Crippen LogP contribution in [0.4, 0.5) is 0 Å². The molecular formula is C16H24O4. The molecule has 0 aromatic rings. The average Bonchev–Trinajstić information content (AvgIpc) is 2.34. The van der Waals surface area contributed by atoms with Crippen LogP contribution in [0.2, 0.25) is 0 Å². The molecule has 1 aliphatic rings. The fourth-order valence-electron chi connectivity index (χ4n) is 2.49. The summed E-state index contributed by atoms with van der Waals surface area (Å²) < 4.78 is 5.61. The predicted molar refractivity (Wildman–Crippen MR) is 77.3 cm³/mol. The van der Waals surface area contributed by atoms with Crippen LogP contribution in [0.15, 0.2) is 24.5 Å². The second-order valence-electron chi connectivity index (χ2n) is 5.74. The molecule has 0 fully saturated rings. The van der Waals surface area contributed by atoms with Crippen LogP contribution in [0.1, 0.15) is 52.4 Å². The van der Waals surface area contributed by atoms with Crippen molar-refractivity contribution in [2.24, 2.45) is 5.41 Å². The van der Waals surface area contributed by atoms with Crippen molar-refractivity contribution in [3.8, 4) is 0 Å². The lowest BCUT2D eigenvalue weighted by Crippen LogP contribution is -2.30. The highest BCUT2D eigenvalue weighted by molar-refractivity contribution is 5.87. The van der Waals surface area contributed by atoms with Gasteiger partial charge in [-0.15, -0.1) is 0 Å². The van der Waals surface area contributed by atoms with Gasteiger partial charge < -0.3 is 9.84 Å². The van der Waals surface area contributed by atoms with E-state index in [0.29, 0.717) is 12.2 Å². The molecule has 1 rings (SSSR count). The summed E-state index contributed by atoms with van der Waals surface area (Å²) in [5.41, 5.74) is -0.448. The summed E-state index contributed by atoms with van der Waals surface area (Å²) in [6.45, 7) is 7.48. The number of carboxylic acids is 1. The number of allylic oxidation sites excluding steroid dienone is 2. The van der Waals surface area contributed by atoms with E-state index in [0.717, 1.165) is 19.3 Å². The van der Waals surface area contributed by atoms with Crippen molar-refractivity contribution in [1.82, 2.24) is 0 Å². The number of ketones is 1. The lowest BCUT2D eigenvalue weighted by Gasteiger charge is -2.31. The molecule has 0 spiro atoms. The highest BCUT2D eigenvalue weighted by Crippen LogP contribution is 2.35. The summed E-state index contributed by atoms with van der Waals surface area (Å²) in [5.74, 6) is -0.209. The largest absolute Gasteiger partial charge is 0.492 e. The van der Waals surface area contributed by atoms with Crippen LogP contribution in [0.25, 0.3) is 0 Å². The van der Waals surface area contributed by atoms with E-state index in [9.17, 15) is 9.59 Å². The van der Waals surface area contributed by atoms with Crippen molar-refractivity contribution in [2.75, 3.05) is 0 Å². The molecule has 0 radical (unpaired) electrons. The summed E-state index contributed by atoms with van der Waals surface area (Å²) in [6.07, 6.45) is 7.09. The Morgan fingerprint density at radius 3 is 2.70 bits per heavy atom. The summed E-state index contributed by atoms with van der Waals surface area (Å²) in [6, 6.07) is 0. The molecule has 4 heteroatoms. The highest BCUT2D eigenvalue weighted by atomic mass is 16.5. The van der Waals surface area contributed by atoms with Gasteiger partial charge >= 0.3 is 5.97 Å². The van der Waals surface area contributed by atoms with Crippen molar-refractivity contribution >= 4 is 11.8 Å². The minimum atomic E-state index is -0.920. The second kappa shape index (κ2) is 7.27. The van der Waals surface area contributed by atoms with Crippen molar-refractivity contribution in [2.45, 2.75) is 58.5 Å². The Morgan fingerprint density at radius 2 is 2.10 bits per heavy atom. The highest BCUT2D eigenvalue weighted by Gasteiger charge is 2.33. The average molecular weight is 280 g/mol. The van der Waals surface area contributed by atoms with Crippen LogP contribution in [0.3, 0.4) is 0 Å². The molecule has 0 aliphatic heterocycles. The second-order valence-corrected chi connectivity index (χ2v) is 5.74. The van der Waals surface area contributed by atoms with Crippen LogP contribution in [-0.2, 0) is 14.3 Å². The van der Waals surface area contributed by atoms with Gasteiger partial charge in [-0.1, -0.05) is 19.6 Å². The Kier molecular flexibility index (Phi) is 5.99. The maximum absolute atomic E-state index is 12.3. The molecule has 20 heavy (non-hydrogen) atoms. The van der Waals surface area contributed by atoms with Gasteiger partial charge in [-0.3, -0.25) is 9.59 Å². The first-order valence-electron chi connectivity index (χ1n) is 7.07. The third-order valence-electron chi connectivity index (χ3n) is 3.79. The normalized spacial score (nSPS) is 28.0.